The maximum absolute atomic E-state index is 13.1. The molecular formula is C19H18F3N3OS2. The number of nitrogens with zero attached hydrogens (tertiary/aromatic N) is 2. The molecule has 0 aliphatic rings. The number of imidazole rings is 1. The van der Waals surface area contributed by atoms with Crippen molar-refractivity contribution in [3.8, 4) is 11.3 Å². The Balaban J connectivity index is 1.76. The molecule has 0 saturated heterocycles. The zero-order valence-corrected chi connectivity index (χ0v) is 16.6. The SMILES string of the molecule is CC(Sc1ncc(-c2ccccc2)n1CC(F)(F)F)C(=O)NCc1cccs1. The molecule has 0 radical (unpaired) electrons. The summed E-state index contributed by atoms with van der Waals surface area (Å²) in [6.07, 6.45) is -2.98. The number of carbonyl (C=O) groups excluding carboxylic acids is 1. The van der Waals surface area contributed by atoms with Crippen LogP contribution in [0.15, 0.2) is 59.2 Å². The lowest BCUT2D eigenvalue weighted by Gasteiger charge is -2.16. The third-order valence-electron chi connectivity index (χ3n) is 3.89. The Labute approximate surface area is 168 Å². The van der Waals surface area contributed by atoms with Crippen molar-refractivity contribution >= 4 is 29.0 Å². The zero-order chi connectivity index (χ0) is 20.1. The van der Waals surface area contributed by atoms with Crippen LogP contribution in [0.4, 0.5) is 13.2 Å². The van der Waals surface area contributed by atoms with Crippen molar-refractivity contribution < 1.29 is 18.0 Å². The van der Waals surface area contributed by atoms with Gasteiger partial charge in [0.15, 0.2) is 5.16 Å². The third-order valence-corrected chi connectivity index (χ3v) is 5.87. The molecule has 2 heterocycles. The molecule has 0 fully saturated rings. The van der Waals surface area contributed by atoms with E-state index in [0.717, 1.165) is 21.2 Å². The first-order valence-corrected chi connectivity index (χ1v) is 10.2. The van der Waals surface area contributed by atoms with Crippen LogP contribution >= 0.6 is 23.1 Å². The van der Waals surface area contributed by atoms with Gasteiger partial charge in [-0.3, -0.25) is 4.79 Å². The number of thioether (sulfide) groups is 1. The number of hydrogen-bond acceptors (Lipinski definition) is 4. The fourth-order valence-electron chi connectivity index (χ4n) is 2.57. The number of aromatic nitrogens is 2. The molecule has 0 aliphatic heterocycles. The normalized spacial score (nSPS) is 12.7. The van der Waals surface area contributed by atoms with E-state index < -0.39 is 18.0 Å². The van der Waals surface area contributed by atoms with E-state index in [9.17, 15) is 18.0 Å². The van der Waals surface area contributed by atoms with E-state index >= 15 is 0 Å². The molecule has 0 saturated carbocycles. The smallest absolute Gasteiger partial charge is 0.350 e. The van der Waals surface area contributed by atoms with Gasteiger partial charge < -0.3 is 9.88 Å². The molecule has 1 unspecified atom stereocenters. The van der Waals surface area contributed by atoms with Gasteiger partial charge in [-0.1, -0.05) is 48.2 Å². The number of hydrogen-bond donors (Lipinski definition) is 1. The molecule has 1 atom stereocenters. The monoisotopic (exact) mass is 425 g/mol. The number of benzene rings is 1. The molecular weight excluding hydrogens is 407 g/mol. The number of thiophene rings is 1. The van der Waals surface area contributed by atoms with E-state index in [-0.39, 0.29) is 11.1 Å². The fourth-order valence-corrected chi connectivity index (χ4v) is 4.12. The van der Waals surface area contributed by atoms with Crippen LogP contribution in [0.2, 0.25) is 0 Å². The van der Waals surface area contributed by atoms with Gasteiger partial charge >= 0.3 is 6.18 Å². The van der Waals surface area contributed by atoms with Crippen molar-refractivity contribution in [1.82, 2.24) is 14.9 Å². The fraction of sp³-hybridized carbons (Fsp3) is 0.263. The van der Waals surface area contributed by atoms with Crippen molar-refractivity contribution in [3.05, 3.63) is 58.9 Å². The molecule has 3 aromatic rings. The average Bonchev–Trinajstić information content (AvgIpc) is 3.30. The van der Waals surface area contributed by atoms with Crippen molar-refractivity contribution in [3.63, 3.8) is 0 Å². The minimum atomic E-state index is -4.40. The van der Waals surface area contributed by atoms with E-state index in [4.69, 9.17) is 0 Å². The van der Waals surface area contributed by atoms with Crippen molar-refractivity contribution in [2.75, 3.05) is 0 Å². The van der Waals surface area contributed by atoms with E-state index in [0.29, 0.717) is 17.8 Å². The summed E-state index contributed by atoms with van der Waals surface area (Å²) >= 11 is 2.54. The lowest BCUT2D eigenvalue weighted by atomic mass is 10.2. The molecule has 28 heavy (non-hydrogen) atoms. The van der Waals surface area contributed by atoms with Crippen LogP contribution in [0.5, 0.6) is 0 Å². The maximum Gasteiger partial charge on any atom is 0.406 e. The Kier molecular flexibility index (Phi) is 6.46. The van der Waals surface area contributed by atoms with Crippen LogP contribution in [-0.2, 0) is 17.9 Å². The number of carbonyl (C=O) groups is 1. The molecule has 3 rings (SSSR count). The number of alkyl halides is 3. The summed E-state index contributed by atoms with van der Waals surface area (Å²) in [5.41, 5.74) is 1.01. The van der Waals surface area contributed by atoms with Gasteiger partial charge in [0.1, 0.15) is 6.54 Å². The molecule has 0 aliphatic carbocycles. The molecule has 1 amide bonds. The van der Waals surface area contributed by atoms with E-state index in [2.05, 4.69) is 10.3 Å². The molecule has 9 heteroatoms. The van der Waals surface area contributed by atoms with Gasteiger partial charge in [-0.25, -0.2) is 4.98 Å². The Morgan fingerprint density at radius 2 is 2.00 bits per heavy atom. The summed E-state index contributed by atoms with van der Waals surface area (Å²) in [5, 5.41) is 4.29. The molecule has 1 N–H and O–H groups in total. The molecule has 0 bridgehead atoms. The van der Waals surface area contributed by atoms with E-state index in [1.807, 2.05) is 17.5 Å². The summed E-state index contributed by atoms with van der Waals surface area (Å²) in [7, 11) is 0. The lowest BCUT2D eigenvalue weighted by Crippen LogP contribution is -2.30. The summed E-state index contributed by atoms with van der Waals surface area (Å²) in [5.74, 6) is -0.249. The standard InChI is InChI=1S/C19H18F3N3OS2/c1-13(17(26)23-10-15-8-5-9-27-15)28-18-24-11-16(14-6-3-2-4-7-14)25(18)12-19(20,21)22/h2-9,11,13H,10,12H2,1H3,(H,23,26). The minimum Gasteiger partial charge on any atom is -0.350 e. The Morgan fingerprint density at radius 1 is 1.25 bits per heavy atom. The van der Waals surface area contributed by atoms with Gasteiger partial charge in [0.25, 0.3) is 0 Å². The largest absolute Gasteiger partial charge is 0.406 e. The van der Waals surface area contributed by atoms with Crippen LogP contribution in [0.3, 0.4) is 0 Å². The number of nitrogens with one attached hydrogen (secondary N) is 1. The molecule has 1 aromatic carbocycles. The second-order valence-electron chi connectivity index (χ2n) is 6.05. The second-order valence-corrected chi connectivity index (χ2v) is 8.39. The summed E-state index contributed by atoms with van der Waals surface area (Å²) < 4.78 is 40.5. The highest BCUT2D eigenvalue weighted by Gasteiger charge is 2.31. The highest BCUT2D eigenvalue weighted by atomic mass is 32.2. The van der Waals surface area contributed by atoms with Gasteiger partial charge in [-0.05, 0) is 23.9 Å². The Bertz CT molecular complexity index is 908. The van der Waals surface area contributed by atoms with Crippen LogP contribution < -0.4 is 5.32 Å². The number of rotatable bonds is 7. The minimum absolute atomic E-state index is 0.162. The van der Waals surface area contributed by atoms with Gasteiger partial charge in [-0.15, -0.1) is 11.3 Å². The van der Waals surface area contributed by atoms with Crippen molar-refractivity contribution in [2.24, 2.45) is 0 Å². The lowest BCUT2D eigenvalue weighted by molar-refractivity contribution is -0.141. The summed E-state index contributed by atoms with van der Waals surface area (Å²) in [6.45, 7) is 0.889. The highest BCUT2D eigenvalue weighted by Crippen LogP contribution is 2.31. The second kappa shape index (κ2) is 8.83. The summed E-state index contributed by atoms with van der Waals surface area (Å²) in [4.78, 5) is 17.5. The first-order valence-electron chi connectivity index (χ1n) is 8.48. The molecule has 2 aromatic heterocycles. The molecule has 0 spiro atoms. The first kappa shape index (κ1) is 20.5. The first-order chi connectivity index (χ1) is 13.3. The van der Waals surface area contributed by atoms with Crippen LogP contribution in [0.25, 0.3) is 11.3 Å². The topological polar surface area (TPSA) is 46.9 Å². The van der Waals surface area contributed by atoms with Crippen LogP contribution in [0.1, 0.15) is 11.8 Å². The Hall–Kier alpha value is -2.26. The predicted molar refractivity (Wildman–Crippen MR) is 105 cm³/mol. The van der Waals surface area contributed by atoms with Gasteiger partial charge in [-0.2, -0.15) is 13.2 Å². The predicted octanol–water partition coefficient (Wildman–Crippen LogP) is 4.97. The van der Waals surface area contributed by atoms with Crippen molar-refractivity contribution in [2.45, 2.75) is 36.6 Å². The highest BCUT2D eigenvalue weighted by molar-refractivity contribution is 8.00. The maximum atomic E-state index is 13.1. The van der Waals surface area contributed by atoms with E-state index in [1.165, 1.54) is 17.5 Å². The third kappa shape index (κ3) is 5.39. The molecule has 148 valence electrons. The summed E-state index contributed by atoms with van der Waals surface area (Å²) in [6, 6.07) is 12.6. The van der Waals surface area contributed by atoms with Gasteiger partial charge in [0, 0.05) is 4.88 Å². The van der Waals surface area contributed by atoms with Crippen LogP contribution in [0, 0.1) is 0 Å². The van der Waals surface area contributed by atoms with Crippen molar-refractivity contribution in [1.29, 1.82) is 0 Å². The Morgan fingerprint density at radius 3 is 2.64 bits per heavy atom. The van der Waals surface area contributed by atoms with Gasteiger partial charge in [0.05, 0.1) is 23.7 Å². The van der Waals surface area contributed by atoms with Gasteiger partial charge in [0.2, 0.25) is 5.91 Å². The number of halogens is 3. The quantitative estimate of drug-likeness (QED) is 0.544. The van der Waals surface area contributed by atoms with Crippen LogP contribution in [-0.4, -0.2) is 26.9 Å². The molecule has 4 nitrogen and oxygen atoms in total. The number of amides is 1. The average molecular weight is 426 g/mol. The van der Waals surface area contributed by atoms with E-state index in [1.54, 1.807) is 37.3 Å². The zero-order valence-electron chi connectivity index (χ0n) is 14.9.